The molecule has 0 aliphatic rings. The van der Waals surface area contributed by atoms with E-state index in [2.05, 4.69) is 10.6 Å². The van der Waals surface area contributed by atoms with E-state index in [1.165, 1.54) is 13.2 Å². The van der Waals surface area contributed by atoms with Crippen LogP contribution in [-0.2, 0) is 10.1 Å². The van der Waals surface area contributed by atoms with Gasteiger partial charge in [-0.15, -0.1) is 0 Å². The molecule has 6 nitrogen and oxygen atoms in total. The Bertz CT molecular complexity index is 1030. The summed E-state index contributed by atoms with van der Waals surface area (Å²) in [7, 11) is -3.04. The van der Waals surface area contributed by atoms with Crippen molar-refractivity contribution in [3.8, 4) is 5.75 Å². The second kappa shape index (κ2) is 7.69. The van der Waals surface area contributed by atoms with Crippen LogP contribution < -0.4 is 15.4 Å². The first-order valence-corrected chi connectivity index (χ1v) is 9.66. The van der Waals surface area contributed by atoms with Crippen molar-refractivity contribution < 1.29 is 17.7 Å². The Morgan fingerprint density at radius 2 is 1.41 bits per heavy atom. The summed E-state index contributed by atoms with van der Waals surface area (Å²) in [6.07, 6.45) is 0. The molecule has 0 saturated heterocycles. The summed E-state index contributed by atoms with van der Waals surface area (Å²) in [4.78, 5) is -0.277. The minimum Gasteiger partial charge on any atom is -0.495 e. The van der Waals surface area contributed by atoms with Crippen molar-refractivity contribution in [1.82, 2.24) is 0 Å². The summed E-state index contributed by atoms with van der Waals surface area (Å²) in [5.74, 6) is 0.1000. The molecular weight excluding hydrogens is 364 g/mol. The Balaban J connectivity index is 1.83. The minimum atomic E-state index is -4.39. The highest BCUT2D eigenvalue weighted by Crippen LogP contribution is 2.32. The standard InChI is InChI=1S/C20H20N2O4S/c1-14-12-19(26-2)20(27(23,24)25)13-18(14)22-17-10-8-16(9-11-17)21-15-6-4-3-5-7-15/h3-13,21-22H,1-2H3,(H,23,24,25). The number of nitrogens with one attached hydrogen (secondary N) is 2. The zero-order valence-electron chi connectivity index (χ0n) is 14.9. The van der Waals surface area contributed by atoms with Crippen LogP contribution in [0.1, 0.15) is 5.56 Å². The number of aryl methyl sites for hydroxylation is 1. The van der Waals surface area contributed by atoms with Gasteiger partial charge in [-0.3, -0.25) is 4.55 Å². The molecule has 140 valence electrons. The van der Waals surface area contributed by atoms with Gasteiger partial charge in [0.05, 0.1) is 7.11 Å². The van der Waals surface area contributed by atoms with Crippen LogP contribution in [0.5, 0.6) is 5.75 Å². The van der Waals surface area contributed by atoms with Crippen LogP contribution >= 0.6 is 0 Å². The summed E-state index contributed by atoms with van der Waals surface area (Å²) < 4.78 is 37.6. The maximum Gasteiger partial charge on any atom is 0.298 e. The van der Waals surface area contributed by atoms with Crippen LogP contribution in [0, 0.1) is 6.92 Å². The average molecular weight is 384 g/mol. The molecule has 3 rings (SSSR count). The van der Waals surface area contributed by atoms with Crippen molar-refractivity contribution in [2.75, 3.05) is 17.7 Å². The molecule has 0 atom stereocenters. The fourth-order valence-corrected chi connectivity index (χ4v) is 3.30. The van der Waals surface area contributed by atoms with Crippen LogP contribution in [-0.4, -0.2) is 20.1 Å². The fourth-order valence-electron chi connectivity index (χ4n) is 2.64. The van der Waals surface area contributed by atoms with Crippen molar-refractivity contribution in [3.63, 3.8) is 0 Å². The van der Waals surface area contributed by atoms with Gasteiger partial charge in [-0.1, -0.05) is 18.2 Å². The second-order valence-corrected chi connectivity index (χ2v) is 7.38. The van der Waals surface area contributed by atoms with Gasteiger partial charge < -0.3 is 15.4 Å². The number of ether oxygens (including phenoxy) is 1. The number of methoxy groups -OCH3 is 1. The number of hydrogen-bond acceptors (Lipinski definition) is 5. The number of para-hydroxylation sites is 1. The van der Waals surface area contributed by atoms with E-state index in [0.29, 0.717) is 5.69 Å². The SMILES string of the molecule is COc1cc(C)c(Nc2ccc(Nc3ccccc3)cc2)cc1S(=O)(=O)O. The highest BCUT2D eigenvalue weighted by molar-refractivity contribution is 7.86. The van der Waals surface area contributed by atoms with E-state index < -0.39 is 10.1 Å². The van der Waals surface area contributed by atoms with E-state index in [1.54, 1.807) is 6.07 Å². The molecule has 0 aromatic heterocycles. The first-order valence-electron chi connectivity index (χ1n) is 8.22. The first kappa shape index (κ1) is 18.8. The molecule has 3 aromatic rings. The molecule has 3 N–H and O–H groups in total. The van der Waals surface area contributed by atoms with Crippen LogP contribution in [0.4, 0.5) is 22.7 Å². The van der Waals surface area contributed by atoms with E-state index in [4.69, 9.17) is 4.74 Å². The Kier molecular flexibility index (Phi) is 5.34. The van der Waals surface area contributed by atoms with Gasteiger partial charge in [0.25, 0.3) is 10.1 Å². The fraction of sp³-hybridized carbons (Fsp3) is 0.100. The molecular formula is C20H20N2O4S. The second-order valence-electron chi connectivity index (χ2n) is 5.99. The molecule has 0 bridgehead atoms. The van der Waals surface area contributed by atoms with Gasteiger partial charge in [-0.2, -0.15) is 8.42 Å². The number of rotatable bonds is 6. The third-order valence-electron chi connectivity index (χ3n) is 4.01. The number of hydrogen-bond donors (Lipinski definition) is 3. The summed E-state index contributed by atoms with van der Waals surface area (Å²) in [5.41, 5.74) is 4.04. The maximum absolute atomic E-state index is 11.6. The van der Waals surface area contributed by atoms with Gasteiger partial charge in [0.2, 0.25) is 0 Å². The lowest BCUT2D eigenvalue weighted by molar-refractivity contribution is 0.397. The minimum absolute atomic E-state index is 0.1000. The summed E-state index contributed by atoms with van der Waals surface area (Å²) in [6, 6.07) is 20.3. The van der Waals surface area contributed by atoms with Gasteiger partial charge in [0.1, 0.15) is 10.6 Å². The van der Waals surface area contributed by atoms with Crippen molar-refractivity contribution in [2.45, 2.75) is 11.8 Å². The Morgan fingerprint density at radius 1 is 0.852 bits per heavy atom. The van der Waals surface area contributed by atoms with E-state index in [9.17, 15) is 13.0 Å². The van der Waals surface area contributed by atoms with Crippen LogP contribution in [0.2, 0.25) is 0 Å². The van der Waals surface area contributed by atoms with E-state index in [1.807, 2.05) is 61.5 Å². The quantitative estimate of drug-likeness (QED) is 0.532. The largest absolute Gasteiger partial charge is 0.495 e. The molecule has 0 unspecified atom stereocenters. The lowest BCUT2D eigenvalue weighted by atomic mass is 10.1. The highest BCUT2D eigenvalue weighted by atomic mass is 32.2. The van der Waals surface area contributed by atoms with E-state index in [0.717, 1.165) is 22.6 Å². The van der Waals surface area contributed by atoms with E-state index >= 15 is 0 Å². The number of benzene rings is 3. The smallest absolute Gasteiger partial charge is 0.298 e. The third kappa shape index (κ3) is 4.58. The predicted octanol–water partition coefficient (Wildman–Crippen LogP) is 4.74. The van der Waals surface area contributed by atoms with Gasteiger partial charge >= 0.3 is 0 Å². The molecule has 7 heteroatoms. The van der Waals surface area contributed by atoms with Crippen molar-refractivity contribution in [1.29, 1.82) is 0 Å². The first-order chi connectivity index (χ1) is 12.9. The van der Waals surface area contributed by atoms with Crippen LogP contribution in [0.3, 0.4) is 0 Å². The van der Waals surface area contributed by atoms with Gasteiger partial charge in [0, 0.05) is 22.7 Å². The molecule has 0 fully saturated rings. The van der Waals surface area contributed by atoms with Crippen molar-refractivity contribution >= 4 is 32.9 Å². The highest BCUT2D eigenvalue weighted by Gasteiger charge is 2.18. The molecule has 3 aromatic carbocycles. The monoisotopic (exact) mass is 384 g/mol. The Labute approximate surface area is 158 Å². The molecule has 0 aliphatic heterocycles. The lowest BCUT2D eigenvalue weighted by Gasteiger charge is -2.14. The predicted molar refractivity (Wildman–Crippen MR) is 107 cm³/mol. The molecule has 0 heterocycles. The summed E-state index contributed by atoms with van der Waals surface area (Å²) in [6.45, 7) is 1.82. The molecule has 27 heavy (non-hydrogen) atoms. The third-order valence-corrected chi connectivity index (χ3v) is 4.89. The number of anilines is 4. The molecule has 0 spiro atoms. The lowest BCUT2D eigenvalue weighted by Crippen LogP contribution is -2.04. The zero-order valence-corrected chi connectivity index (χ0v) is 15.7. The Hall–Kier alpha value is -3.03. The van der Waals surface area contributed by atoms with E-state index in [-0.39, 0.29) is 10.6 Å². The van der Waals surface area contributed by atoms with Crippen LogP contribution in [0.15, 0.2) is 71.6 Å². The molecule has 0 aliphatic carbocycles. The summed E-state index contributed by atoms with van der Waals surface area (Å²) in [5, 5.41) is 6.46. The average Bonchev–Trinajstić information content (AvgIpc) is 2.64. The molecule has 0 radical (unpaired) electrons. The maximum atomic E-state index is 11.6. The zero-order chi connectivity index (χ0) is 19.4. The van der Waals surface area contributed by atoms with Crippen molar-refractivity contribution in [2.24, 2.45) is 0 Å². The van der Waals surface area contributed by atoms with Gasteiger partial charge in [-0.25, -0.2) is 0 Å². The Morgan fingerprint density at radius 3 is 1.96 bits per heavy atom. The molecule has 0 amide bonds. The topological polar surface area (TPSA) is 87.7 Å². The van der Waals surface area contributed by atoms with Gasteiger partial charge in [-0.05, 0) is 61.0 Å². The molecule has 0 saturated carbocycles. The van der Waals surface area contributed by atoms with Gasteiger partial charge in [0.15, 0.2) is 0 Å². The van der Waals surface area contributed by atoms with Crippen LogP contribution in [0.25, 0.3) is 0 Å². The normalized spacial score (nSPS) is 11.1. The summed E-state index contributed by atoms with van der Waals surface area (Å²) >= 11 is 0. The van der Waals surface area contributed by atoms with Crippen molar-refractivity contribution in [3.05, 3.63) is 72.3 Å².